The van der Waals surface area contributed by atoms with Gasteiger partial charge in [0.05, 0.1) is 22.3 Å². The molecule has 47 heavy (non-hydrogen) atoms. The molecular formula is C32H27FN10O4. The molecule has 0 unspecified atom stereocenters. The van der Waals surface area contributed by atoms with Gasteiger partial charge in [0.2, 0.25) is 5.82 Å². The number of amides is 2. The van der Waals surface area contributed by atoms with Crippen molar-refractivity contribution in [1.29, 1.82) is 0 Å². The van der Waals surface area contributed by atoms with E-state index in [4.69, 9.17) is 6.42 Å². The molecule has 0 radical (unpaired) electrons. The molecule has 0 saturated heterocycles. The fourth-order valence-electron chi connectivity index (χ4n) is 5.30. The Labute approximate surface area is 265 Å². The van der Waals surface area contributed by atoms with Gasteiger partial charge in [-0.3, -0.25) is 23.7 Å². The lowest BCUT2D eigenvalue weighted by Gasteiger charge is -2.13. The van der Waals surface area contributed by atoms with Crippen molar-refractivity contribution in [2.24, 2.45) is 14.1 Å². The number of benzene rings is 2. The van der Waals surface area contributed by atoms with Gasteiger partial charge in [0.1, 0.15) is 11.3 Å². The average Bonchev–Trinajstić information content (AvgIpc) is 3.69. The van der Waals surface area contributed by atoms with Crippen LogP contribution in [0.1, 0.15) is 39.3 Å². The Balaban J connectivity index is 1.37. The molecule has 15 heteroatoms. The molecule has 0 aliphatic carbocycles. The molecule has 14 nitrogen and oxygen atoms in total. The topological polar surface area (TPSA) is 156 Å². The standard InChI is InChI=1S/C32H27FN10O4/c1-6-26-38-40(5)32(47)42(26)20-9-11-21(12-10-20)43-31(46)23-16-18(3)34-27(28(23)41(43)7-2)30(45)35-19-8-13-24(33)22(17-19)29(44)36-25-14-15-39(4)37-25/h1,8-17H,7H2,2-5H3,(H,35,45)(H,36,37,44). The van der Waals surface area contributed by atoms with Gasteiger partial charge in [-0.1, -0.05) is 0 Å². The van der Waals surface area contributed by atoms with Crippen molar-refractivity contribution in [3.05, 3.63) is 110 Å². The van der Waals surface area contributed by atoms with Crippen molar-refractivity contribution in [2.75, 3.05) is 10.6 Å². The van der Waals surface area contributed by atoms with Gasteiger partial charge in [0.15, 0.2) is 11.5 Å². The second-order valence-electron chi connectivity index (χ2n) is 10.5. The Morgan fingerprint density at radius 2 is 1.68 bits per heavy atom. The van der Waals surface area contributed by atoms with Crippen LogP contribution in [0.4, 0.5) is 15.9 Å². The normalized spacial score (nSPS) is 11.1. The molecule has 4 heterocycles. The molecular weight excluding hydrogens is 607 g/mol. The molecule has 2 aromatic carbocycles. The van der Waals surface area contributed by atoms with Crippen LogP contribution in [-0.2, 0) is 20.6 Å². The minimum atomic E-state index is -0.792. The van der Waals surface area contributed by atoms with E-state index < -0.39 is 28.9 Å². The number of nitrogens with zero attached hydrogens (tertiary/aromatic N) is 8. The Morgan fingerprint density at radius 1 is 0.957 bits per heavy atom. The fraction of sp³-hybridized carbons (Fsp3) is 0.156. The molecule has 0 saturated carbocycles. The highest BCUT2D eigenvalue weighted by molar-refractivity contribution is 6.11. The molecule has 2 N–H and O–H groups in total. The van der Waals surface area contributed by atoms with Crippen molar-refractivity contribution in [1.82, 2.24) is 38.5 Å². The summed E-state index contributed by atoms with van der Waals surface area (Å²) < 4.78 is 21.6. The largest absolute Gasteiger partial charge is 0.351 e. The number of halogens is 1. The van der Waals surface area contributed by atoms with Gasteiger partial charge in [0.25, 0.3) is 17.4 Å². The monoisotopic (exact) mass is 634 g/mol. The molecule has 4 aromatic heterocycles. The van der Waals surface area contributed by atoms with E-state index in [0.29, 0.717) is 17.1 Å². The smallest absolute Gasteiger partial charge is 0.321 e. The number of pyridine rings is 1. The molecule has 6 aromatic rings. The number of anilines is 2. The molecule has 2 amide bonds. The molecule has 0 aliphatic rings. The van der Waals surface area contributed by atoms with Crippen LogP contribution in [0.2, 0.25) is 0 Å². The second-order valence-corrected chi connectivity index (χ2v) is 10.5. The third-order valence-corrected chi connectivity index (χ3v) is 7.39. The molecule has 0 fully saturated rings. The highest BCUT2D eigenvalue weighted by Crippen LogP contribution is 2.23. The number of terminal acetylenes is 1. The van der Waals surface area contributed by atoms with Crippen LogP contribution in [0.15, 0.2) is 70.4 Å². The third-order valence-electron chi connectivity index (χ3n) is 7.39. The number of carbonyl (C=O) groups excluding carboxylic acids is 2. The van der Waals surface area contributed by atoms with Crippen LogP contribution >= 0.6 is 0 Å². The Kier molecular flexibility index (Phi) is 7.61. The summed E-state index contributed by atoms with van der Waals surface area (Å²) in [5.74, 6) is 0.542. The zero-order valence-electron chi connectivity index (χ0n) is 25.6. The van der Waals surface area contributed by atoms with Gasteiger partial charge < -0.3 is 10.6 Å². The second kappa shape index (κ2) is 11.7. The lowest BCUT2D eigenvalue weighted by atomic mass is 10.1. The van der Waals surface area contributed by atoms with E-state index in [9.17, 15) is 23.6 Å². The fourth-order valence-corrected chi connectivity index (χ4v) is 5.30. The third kappa shape index (κ3) is 5.37. The number of hydrogen-bond acceptors (Lipinski definition) is 7. The van der Waals surface area contributed by atoms with Gasteiger partial charge in [0, 0.05) is 44.3 Å². The first kappa shape index (κ1) is 30.5. The lowest BCUT2D eigenvalue weighted by molar-refractivity contribution is 0.101. The van der Waals surface area contributed by atoms with Crippen LogP contribution in [-0.4, -0.2) is 50.3 Å². The maximum absolute atomic E-state index is 14.7. The summed E-state index contributed by atoms with van der Waals surface area (Å²) >= 11 is 0. The van der Waals surface area contributed by atoms with Crippen LogP contribution in [0.5, 0.6) is 0 Å². The molecule has 236 valence electrons. The van der Waals surface area contributed by atoms with Crippen molar-refractivity contribution >= 4 is 34.2 Å². The molecule has 0 bridgehead atoms. The van der Waals surface area contributed by atoms with Gasteiger partial charge in [-0.15, -0.1) is 11.5 Å². The van der Waals surface area contributed by atoms with Crippen LogP contribution in [0.3, 0.4) is 0 Å². The zero-order valence-corrected chi connectivity index (χ0v) is 25.6. The number of nitrogens with one attached hydrogen (secondary N) is 2. The van der Waals surface area contributed by atoms with Crippen molar-refractivity contribution < 1.29 is 14.0 Å². The summed E-state index contributed by atoms with van der Waals surface area (Å²) in [6.07, 6.45) is 7.16. The quantitative estimate of drug-likeness (QED) is 0.256. The maximum atomic E-state index is 14.7. The summed E-state index contributed by atoms with van der Waals surface area (Å²) in [6, 6.07) is 13.3. The van der Waals surface area contributed by atoms with E-state index >= 15 is 0 Å². The van der Waals surface area contributed by atoms with Gasteiger partial charge in [-0.25, -0.2) is 28.1 Å². The van der Waals surface area contributed by atoms with Crippen molar-refractivity contribution in [3.63, 3.8) is 0 Å². The zero-order chi connectivity index (χ0) is 33.6. The molecule has 0 atom stereocenters. The average molecular weight is 635 g/mol. The van der Waals surface area contributed by atoms with Crippen molar-refractivity contribution in [2.45, 2.75) is 20.4 Å². The van der Waals surface area contributed by atoms with Crippen LogP contribution < -0.4 is 21.9 Å². The summed E-state index contributed by atoms with van der Waals surface area (Å²) in [4.78, 5) is 57.4. The van der Waals surface area contributed by atoms with E-state index in [1.807, 2.05) is 6.92 Å². The first-order chi connectivity index (χ1) is 22.5. The Morgan fingerprint density at radius 3 is 2.34 bits per heavy atom. The SMILES string of the molecule is C#Cc1nn(C)c(=O)n1-c1ccc(-n2c(=O)c3cc(C)nc(C(=O)Nc4ccc(F)c(C(=O)Nc5ccn(C)n5)c4)c3n2CC)cc1. The molecule has 0 spiro atoms. The van der Waals surface area contributed by atoms with E-state index in [1.54, 1.807) is 61.2 Å². The predicted octanol–water partition coefficient (Wildman–Crippen LogP) is 2.76. The van der Waals surface area contributed by atoms with Crippen LogP contribution in [0, 0.1) is 25.1 Å². The minimum Gasteiger partial charge on any atom is -0.321 e. The van der Waals surface area contributed by atoms with Crippen LogP contribution in [0.25, 0.3) is 22.3 Å². The van der Waals surface area contributed by atoms with E-state index in [0.717, 1.165) is 10.7 Å². The van der Waals surface area contributed by atoms with Crippen molar-refractivity contribution in [3.8, 4) is 23.7 Å². The Bertz CT molecular complexity index is 2390. The Hall–Kier alpha value is -6.56. The summed E-state index contributed by atoms with van der Waals surface area (Å²) in [5, 5.41) is 13.6. The van der Waals surface area contributed by atoms with Gasteiger partial charge >= 0.3 is 5.69 Å². The molecule has 6 rings (SSSR count). The number of hydrogen-bond donors (Lipinski definition) is 2. The summed E-state index contributed by atoms with van der Waals surface area (Å²) in [6.45, 7) is 3.75. The first-order valence-corrected chi connectivity index (χ1v) is 14.3. The highest BCUT2D eigenvalue weighted by Gasteiger charge is 2.24. The minimum absolute atomic E-state index is 0.0429. The number of fused-ring (bicyclic) bond motifs is 1. The number of rotatable bonds is 7. The number of aromatic nitrogens is 8. The highest BCUT2D eigenvalue weighted by atomic mass is 19.1. The lowest BCUT2D eigenvalue weighted by Crippen LogP contribution is -2.23. The molecule has 0 aliphatic heterocycles. The van der Waals surface area contributed by atoms with E-state index in [-0.39, 0.29) is 46.0 Å². The van der Waals surface area contributed by atoms with E-state index in [1.165, 1.54) is 33.1 Å². The summed E-state index contributed by atoms with van der Waals surface area (Å²) in [7, 11) is 3.17. The maximum Gasteiger partial charge on any atom is 0.351 e. The summed E-state index contributed by atoms with van der Waals surface area (Å²) in [5.41, 5.74) is 0.575. The predicted molar refractivity (Wildman–Crippen MR) is 172 cm³/mol. The van der Waals surface area contributed by atoms with Gasteiger partial charge in [-0.05, 0) is 68.3 Å². The number of aryl methyl sites for hydroxylation is 4. The number of carbonyl (C=O) groups is 2. The van der Waals surface area contributed by atoms with E-state index in [2.05, 4.69) is 31.7 Å². The van der Waals surface area contributed by atoms with Gasteiger partial charge in [-0.2, -0.15) is 5.10 Å². The first-order valence-electron chi connectivity index (χ1n) is 14.3.